The number of carbonyl (C=O) groups excluding carboxylic acids is 1. The second-order valence-electron chi connectivity index (χ2n) is 6.28. The van der Waals surface area contributed by atoms with E-state index in [9.17, 15) is 4.79 Å². The number of carbonyl (C=O) groups is 1. The monoisotopic (exact) mass is 324 g/mol. The Bertz CT molecular complexity index is 649. The summed E-state index contributed by atoms with van der Waals surface area (Å²) in [6, 6.07) is 9.83. The first-order valence-corrected chi connectivity index (χ1v) is 8.58. The van der Waals surface area contributed by atoms with Gasteiger partial charge in [0.2, 0.25) is 0 Å². The maximum atomic E-state index is 13.1. The average Bonchev–Trinajstić information content (AvgIpc) is 2.90. The SMILES string of the molecule is Cc1ccc(C(=O)N(Cc2ccccn2)C2CCCNCC2)cn1. The van der Waals surface area contributed by atoms with Gasteiger partial charge in [0, 0.05) is 24.1 Å². The van der Waals surface area contributed by atoms with E-state index in [1.807, 2.05) is 42.2 Å². The molecule has 1 unspecified atom stereocenters. The maximum Gasteiger partial charge on any atom is 0.256 e. The number of nitrogens with zero attached hydrogens (tertiary/aromatic N) is 3. The fourth-order valence-electron chi connectivity index (χ4n) is 3.11. The lowest BCUT2D eigenvalue weighted by molar-refractivity contribution is 0.0642. The van der Waals surface area contributed by atoms with Crippen molar-refractivity contribution in [2.45, 2.75) is 38.8 Å². The van der Waals surface area contributed by atoms with Gasteiger partial charge >= 0.3 is 0 Å². The van der Waals surface area contributed by atoms with Gasteiger partial charge in [0.05, 0.1) is 17.8 Å². The molecule has 5 heteroatoms. The normalized spacial score (nSPS) is 18.0. The van der Waals surface area contributed by atoms with Gasteiger partial charge in [-0.3, -0.25) is 14.8 Å². The lowest BCUT2D eigenvalue weighted by atomic mass is 10.1. The molecule has 5 nitrogen and oxygen atoms in total. The highest BCUT2D eigenvalue weighted by Crippen LogP contribution is 2.19. The molecule has 3 rings (SSSR count). The first kappa shape index (κ1) is 16.6. The van der Waals surface area contributed by atoms with Gasteiger partial charge in [-0.2, -0.15) is 0 Å². The first-order chi connectivity index (χ1) is 11.7. The fourth-order valence-corrected chi connectivity index (χ4v) is 3.11. The molecule has 0 aliphatic carbocycles. The Kier molecular flexibility index (Phi) is 5.54. The second kappa shape index (κ2) is 8.02. The van der Waals surface area contributed by atoms with Crippen LogP contribution in [-0.2, 0) is 6.54 Å². The third-order valence-corrected chi connectivity index (χ3v) is 4.46. The minimum absolute atomic E-state index is 0.0417. The van der Waals surface area contributed by atoms with Crippen LogP contribution in [0, 0.1) is 6.92 Å². The summed E-state index contributed by atoms with van der Waals surface area (Å²) >= 11 is 0. The molecule has 1 amide bonds. The molecule has 0 saturated carbocycles. The van der Waals surface area contributed by atoms with Crippen LogP contribution in [0.5, 0.6) is 0 Å². The van der Waals surface area contributed by atoms with Crippen LogP contribution >= 0.6 is 0 Å². The Labute approximate surface area is 143 Å². The summed E-state index contributed by atoms with van der Waals surface area (Å²) in [5, 5.41) is 3.42. The van der Waals surface area contributed by atoms with Crippen molar-refractivity contribution in [3.63, 3.8) is 0 Å². The van der Waals surface area contributed by atoms with Crippen LogP contribution in [-0.4, -0.2) is 39.9 Å². The zero-order valence-electron chi connectivity index (χ0n) is 14.1. The second-order valence-corrected chi connectivity index (χ2v) is 6.28. The minimum atomic E-state index is 0.0417. The molecule has 0 bridgehead atoms. The fraction of sp³-hybridized carbons (Fsp3) is 0.421. The summed E-state index contributed by atoms with van der Waals surface area (Å²) in [6.07, 6.45) is 6.53. The van der Waals surface area contributed by atoms with E-state index in [-0.39, 0.29) is 11.9 Å². The van der Waals surface area contributed by atoms with Gasteiger partial charge in [-0.05, 0) is 63.5 Å². The molecule has 24 heavy (non-hydrogen) atoms. The standard InChI is InChI=1S/C19H24N4O/c1-15-7-8-16(13-22-15)19(24)23(14-17-5-2-3-11-21-17)18-6-4-10-20-12-9-18/h2-3,5,7-8,11,13,18,20H,4,6,9-10,12,14H2,1H3. The minimum Gasteiger partial charge on any atom is -0.330 e. The summed E-state index contributed by atoms with van der Waals surface area (Å²) in [5.41, 5.74) is 2.48. The average molecular weight is 324 g/mol. The van der Waals surface area contributed by atoms with Crippen LogP contribution in [0.1, 0.15) is 41.0 Å². The van der Waals surface area contributed by atoms with E-state index in [4.69, 9.17) is 0 Å². The maximum absolute atomic E-state index is 13.1. The van der Waals surface area contributed by atoms with Crippen molar-refractivity contribution in [3.05, 3.63) is 59.7 Å². The van der Waals surface area contributed by atoms with Gasteiger partial charge in [-0.15, -0.1) is 0 Å². The molecule has 0 radical (unpaired) electrons. The highest BCUT2D eigenvalue weighted by atomic mass is 16.2. The molecule has 1 saturated heterocycles. The molecule has 126 valence electrons. The molecular weight excluding hydrogens is 300 g/mol. The Morgan fingerprint density at radius 3 is 2.88 bits per heavy atom. The summed E-state index contributed by atoms with van der Waals surface area (Å²) in [4.78, 5) is 23.8. The highest BCUT2D eigenvalue weighted by molar-refractivity contribution is 5.94. The summed E-state index contributed by atoms with van der Waals surface area (Å²) in [5.74, 6) is 0.0417. The predicted octanol–water partition coefficient (Wildman–Crippen LogP) is 2.57. The topological polar surface area (TPSA) is 58.1 Å². The van der Waals surface area contributed by atoms with Crippen molar-refractivity contribution in [1.29, 1.82) is 0 Å². The molecule has 2 aromatic rings. The number of hydrogen-bond donors (Lipinski definition) is 1. The van der Waals surface area contributed by atoms with Crippen molar-refractivity contribution in [1.82, 2.24) is 20.2 Å². The van der Waals surface area contributed by atoms with E-state index >= 15 is 0 Å². The first-order valence-electron chi connectivity index (χ1n) is 8.58. The summed E-state index contributed by atoms with van der Waals surface area (Å²) in [7, 11) is 0. The van der Waals surface area contributed by atoms with Gasteiger partial charge in [0.1, 0.15) is 0 Å². The largest absolute Gasteiger partial charge is 0.330 e. The lowest BCUT2D eigenvalue weighted by Crippen LogP contribution is -2.40. The van der Waals surface area contributed by atoms with Crippen LogP contribution < -0.4 is 5.32 Å². The molecule has 1 fully saturated rings. The van der Waals surface area contributed by atoms with Crippen LogP contribution in [0.4, 0.5) is 0 Å². The van der Waals surface area contributed by atoms with E-state index in [0.29, 0.717) is 12.1 Å². The summed E-state index contributed by atoms with van der Waals surface area (Å²) in [6.45, 7) is 4.44. The number of rotatable bonds is 4. The van der Waals surface area contributed by atoms with Gasteiger partial charge in [0.15, 0.2) is 0 Å². The number of aryl methyl sites for hydroxylation is 1. The Morgan fingerprint density at radius 2 is 2.12 bits per heavy atom. The Balaban J connectivity index is 1.85. The van der Waals surface area contributed by atoms with E-state index in [1.54, 1.807) is 12.4 Å². The molecule has 1 atom stereocenters. The third-order valence-electron chi connectivity index (χ3n) is 4.46. The Hall–Kier alpha value is -2.27. The molecule has 1 N–H and O–H groups in total. The van der Waals surface area contributed by atoms with Gasteiger partial charge in [0.25, 0.3) is 5.91 Å². The van der Waals surface area contributed by atoms with Crippen LogP contribution in [0.3, 0.4) is 0 Å². The molecule has 0 aromatic carbocycles. The quantitative estimate of drug-likeness (QED) is 0.939. The predicted molar refractivity (Wildman–Crippen MR) is 93.6 cm³/mol. The van der Waals surface area contributed by atoms with Crippen molar-refractivity contribution < 1.29 is 4.79 Å². The van der Waals surface area contributed by atoms with Crippen molar-refractivity contribution in [3.8, 4) is 0 Å². The molecule has 3 heterocycles. The van der Waals surface area contributed by atoms with Crippen molar-refractivity contribution >= 4 is 5.91 Å². The van der Waals surface area contributed by atoms with Crippen LogP contribution in [0.15, 0.2) is 42.7 Å². The van der Waals surface area contributed by atoms with E-state index in [2.05, 4.69) is 15.3 Å². The lowest BCUT2D eigenvalue weighted by Gasteiger charge is -2.31. The molecule has 1 aliphatic rings. The van der Waals surface area contributed by atoms with Gasteiger partial charge in [-0.1, -0.05) is 6.07 Å². The molecular formula is C19H24N4O. The zero-order valence-corrected chi connectivity index (χ0v) is 14.1. The molecule has 0 spiro atoms. The number of hydrogen-bond acceptors (Lipinski definition) is 4. The van der Waals surface area contributed by atoms with E-state index < -0.39 is 0 Å². The number of aromatic nitrogens is 2. The number of nitrogens with one attached hydrogen (secondary N) is 1. The highest BCUT2D eigenvalue weighted by Gasteiger charge is 2.26. The molecule has 2 aromatic heterocycles. The van der Waals surface area contributed by atoms with E-state index in [0.717, 1.165) is 43.7 Å². The van der Waals surface area contributed by atoms with Crippen LogP contribution in [0.2, 0.25) is 0 Å². The van der Waals surface area contributed by atoms with Gasteiger partial charge < -0.3 is 10.2 Å². The van der Waals surface area contributed by atoms with Crippen LogP contribution in [0.25, 0.3) is 0 Å². The Morgan fingerprint density at radius 1 is 1.21 bits per heavy atom. The molecule has 1 aliphatic heterocycles. The number of amides is 1. The zero-order chi connectivity index (χ0) is 16.8. The third kappa shape index (κ3) is 4.17. The summed E-state index contributed by atoms with van der Waals surface area (Å²) < 4.78 is 0. The van der Waals surface area contributed by atoms with Crippen molar-refractivity contribution in [2.75, 3.05) is 13.1 Å². The van der Waals surface area contributed by atoms with Crippen molar-refractivity contribution in [2.24, 2.45) is 0 Å². The number of pyridine rings is 2. The van der Waals surface area contributed by atoms with E-state index in [1.165, 1.54) is 0 Å². The smallest absolute Gasteiger partial charge is 0.256 e. The van der Waals surface area contributed by atoms with Gasteiger partial charge in [-0.25, -0.2) is 0 Å².